The van der Waals surface area contributed by atoms with Gasteiger partial charge in [-0.3, -0.25) is 4.79 Å². The number of aromatic nitrogens is 2. The number of alkyl halides is 3. The Morgan fingerprint density at radius 3 is 2.43 bits per heavy atom. The number of hydrogen-bond donors (Lipinski definition) is 2. The minimum atomic E-state index is -4.79. The molecular formula is C20H17ClF3N3O3. The lowest BCUT2D eigenvalue weighted by atomic mass is 10.1. The largest absolute Gasteiger partial charge is 0.573 e. The maximum absolute atomic E-state index is 12.4. The second-order valence-electron chi connectivity index (χ2n) is 6.33. The van der Waals surface area contributed by atoms with Crippen LogP contribution in [-0.4, -0.2) is 27.8 Å². The Morgan fingerprint density at radius 1 is 1.13 bits per heavy atom. The van der Waals surface area contributed by atoms with Crippen molar-refractivity contribution in [3.05, 3.63) is 87.3 Å². The van der Waals surface area contributed by atoms with E-state index in [1.165, 1.54) is 23.0 Å². The molecule has 1 aromatic heterocycles. The Morgan fingerprint density at radius 2 is 1.80 bits per heavy atom. The van der Waals surface area contributed by atoms with Crippen molar-refractivity contribution in [3.63, 3.8) is 0 Å². The van der Waals surface area contributed by atoms with Gasteiger partial charge in [0.05, 0.1) is 24.5 Å². The average Bonchev–Trinajstić information content (AvgIpc) is 2.71. The van der Waals surface area contributed by atoms with Crippen LogP contribution in [0.1, 0.15) is 17.2 Å². The minimum Gasteiger partial charge on any atom is -0.406 e. The number of ether oxygens (including phenoxy) is 1. The van der Waals surface area contributed by atoms with E-state index < -0.39 is 18.0 Å². The number of hydrogen-bond acceptors (Lipinski definition) is 5. The van der Waals surface area contributed by atoms with Crippen LogP contribution in [0.5, 0.6) is 5.75 Å². The molecule has 3 aromatic rings. The summed E-state index contributed by atoms with van der Waals surface area (Å²) >= 11 is 6.14. The van der Waals surface area contributed by atoms with Gasteiger partial charge in [0, 0.05) is 6.54 Å². The van der Waals surface area contributed by atoms with Crippen LogP contribution in [0.15, 0.2) is 65.6 Å². The number of aliphatic hydroxyl groups excluding tert-OH is 1. The second-order valence-corrected chi connectivity index (χ2v) is 6.71. The summed E-state index contributed by atoms with van der Waals surface area (Å²) in [5.74, 6) is -0.388. The lowest BCUT2D eigenvalue weighted by Crippen LogP contribution is -2.25. The molecule has 3 rings (SSSR count). The lowest BCUT2D eigenvalue weighted by Gasteiger charge is -2.15. The molecule has 158 valence electrons. The Bertz CT molecular complexity index is 1040. The van der Waals surface area contributed by atoms with Crippen molar-refractivity contribution in [1.29, 1.82) is 0 Å². The van der Waals surface area contributed by atoms with Gasteiger partial charge in [-0.2, -0.15) is 5.10 Å². The van der Waals surface area contributed by atoms with Gasteiger partial charge in [0.15, 0.2) is 0 Å². The van der Waals surface area contributed by atoms with Gasteiger partial charge in [-0.25, -0.2) is 4.68 Å². The van der Waals surface area contributed by atoms with Crippen molar-refractivity contribution in [3.8, 4) is 5.75 Å². The molecule has 0 radical (unpaired) electrons. The fourth-order valence-corrected chi connectivity index (χ4v) is 2.89. The smallest absolute Gasteiger partial charge is 0.406 e. The van der Waals surface area contributed by atoms with Gasteiger partial charge in [-0.05, 0) is 23.3 Å². The second kappa shape index (κ2) is 9.19. The zero-order valence-electron chi connectivity index (χ0n) is 15.4. The number of nitrogens with one attached hydrogen (secondary N) is 1. The predicted molar refractivity (Wildman–Crippen MR) is 106 cm³/mol. The summed E-state index contributed by atoms with van der Waals surface area (Å²) in [5.41, 5.74) is 0.992. The molecule has 0 saturated heterocycles. The summed E-state index contributed by atoms with van der Waals surface area (Å²) in [7, 11) is 0. The monoisotopic (exact) mass is 439 g/mol. The van der Waals surface area contributed by atoms with E-state index in [9.17, 15) is 23.1 Å². The van der Waals surface area contributed by atoms with Crippen LogP contribution in [0.2, 0.25) is 5.02 Å². The molecular weight excluding hydrogens is 423 g/mol. The van der Waals surface area contributed by atoms with Gasteiger partial charge in [0.25, 0.3) is 5.56 Å². The molecule has 1 unspecified atom stereocenters. The highest BCUT2D eigenvalue weighted by Crippen LogP contribution is 2.25. The minimum absolute atomic E-state index is 0.0387. The van der Waals surface area contributed by atoms with Crippen molar-refractivity contribution in [1.82, 2.24) is 9.78 Å². The van der Waals surface area contributed by atoms with E-state index in [1.54, 1.807) is 0 Å². The standard InChI is InChI=1S/C20H17ClF3N3O3/c21-18-16(10-26-27(19(18)29)12-13-4-2-1-3-5-13)25-11-17(28)14-6-8-15(9-7-14)30-20(22,23)24/h1-10,17,25,28H,11-12H2. The third-order valence-corrected chi connectivity index (χ3v) is 4.51. The molecule has 0 aliphatic rings. The molecule has 2 aromatic carbocycles. The average molecular weight is 440 g/mol. The molecule has 1 heterocycles. The van der Waals surface area contributed by atoms with E-state index in [0.29, 0.717) is 5.56 Å². The maximum atomic E-state index is 12.4. The Labute approximate surface area is 174 Å². The molecule has 0 saturated carbocycles. The quantitative estimate of drug-likeness (QED) is 0.582. The SMILES string of the molecule is O=c1c(Cl)c(NCC(O)c2ccc(OC(F)(F)F)cc2)cnn1Cc1ccccc1. The third-order valence-electron chi connectivity index (χ3n) is 4.14. The molecule has 0 fully saturated rings. The molecule has 6 nitrogen and oxygen atoms in total. The van der Waals surface area contributed by atoms with E-state index in [-0.39, 0.29) is 29.5 Å². The molecule has 0 aliphatic carbocycles. The number of halogens is 4. The van der Waals surface area contributed by atoms with Crippen LogP contribution < -0.4 is 15.6 Å². The van der Waals surface area contributed by atoms with Gasteiger partial charge in [0.1, 0.15) is 10.8 Å². The Balaban J connectivity index is 1.64. The van der Waals surface area contributed by atoms with E-state index in [0.717, 1.165) is 17.7 Å². The Kier molecular flexibility index (Phi) is 6.63. The van der Waals surface area contributed by atoms with Crippen LogP contribution in [0.4, 0.5) is 18.9 Å². The summed E-state index contributed by atoms with van der Waals surface area (Å²) in [6.07, 6.45) is -4.47. The summed E-state index contributed by atoms with van der Waals surface area (Å²) in [6.45, 7) is 0.220. The first kappa shape index (κ1) is 21.7. The van der Waals surface area contributed by atoms with Crippen LogP contribution >= 0.6 is 11.6 Å². The fourth-order valence-electron chi connectivity index (χ4n) is 2.67. The van der Waals surface area contributed by atoms with Gasteiger partial charge >= 0.3 is 6.36 Å². The van der Waals surface area contributed by atoms with Crippen molar-refractivity contribution in [2.24, 2.45) is 0 Å². The molecule has 30 heavy (non-hydrogen) atoms. The van der Waals surface area contributed by atoms with Crippen LogP contribution in [0.25, 0.3) is 0 Å². The number of nitrogens with zero attached hydrogens (tertiary/aromatic N) is 2. The zero-order valence-corrected chi connectivity index (χ0v) is 16.2. The first-order valence-electron chi connectivity index (χ1n) is 8.80. The molecule has 0 amide bonds. The van der Waals surface area contributed by atoms with Gasteiger partial charge in [0.2, 0.25) is 0 Å². The topological polar surface area (TPSA) is 76.4 Å². The van der Waals surface area contributed by atoms with Crippen molar-refractivity contribution in [2.75, 3.05) is 11.9 Å². The number of aliphatic hydroxyl groups is 1. The predicted octanol–water partition coefficient (Wildman–Crippen LogP) is 3.99. The van der Waals surface area contributed by atoms with Gasteiger partial charge in [-0.15, -0.1) is 13.2 Å². The Hall–Kier alpha value is -3.04. The molecule has 0 bridgehead atoms. The summed E-state index contributed by atoms with van der Waals surface area (Å²) < 4.78 is 41.6. The molecule has 0 spiro atoms. The summed E-state index contributed by atoms with van der Waals surface area (Å²) in [5, 5.41) is 17.1. The molecule has 1 atom stereocenters. The highest BCUT2D eigenvalue weighted by Gasteiger charge is 2.31. The highest BCUT2D eigenvalue weighted by molar-refractivity contribution is 6.32. The highest BCUT2D eigenvalue weighted by atomic mass is 35.5. The van der Waals surface area contributed by atoms with Crippen molar-refractivity contribution in [2.45, 2.75) is 19.0 Å². The molecule has 10 heteroatoms. The van der Waals surface area contributed by atoms with Crippen molar-refractivity contribution < 1.29 is 23.0 Å². The van der Waals surface area contributed by atoms with Gasteiger partial charge < -0.3 is 15.2 Å². The maximum Gasteiger partial charge on any atom is 0.573 e. The van der Waals surface area contributed by atoms with E-state index in [1.807, 2.05) is 30.3 Å². The van der Waals surface area contributed by atoms with Crippen molar-refractivity contribution >= 4 is 17.3 Å². The van der Waals surface area contributed by atoms with Crippen LogP contribution in [0.3, 0.4) is 0 Å². The number of benzene rings is 2. The van der Waals surface area contributed by atoms with E-state index >= 15 is 0 Å². The molecule has 0 aliphatic heterocycles. The van der Waals surface area contributed by atoms with E-state index in [4.69, 9.17) is 11.6 Å². The first-order chi connectivity index (χ1) is 14.2. The molecule has 2 N–H and O–H groups in total. The summed E-state index contributed by atoms with van der Waals surface area (Å²) in [6, 6.07) is 14.1. The number of rotatable bonds is 7. The van der Waals surface area contributed by atoms with E-state index in [2.05, 4.69) is 15.2 Å². The number of anilines is 1. The first-order valence-corrected chi connectivity index (χ1v) is 9.18. The normalized spacial score (nSPS) is 12.4. The van der Waals surface area contributed by atoms with Crippen LogP contribution in [0, 0.1) is 0 Å². The summed E-state index contributed by atoms with van der Waals surface area (Å²) in [4.78, 5) is 12.4. The fraction of sp³-hybridized carbons (Fsp3) is 0.200. The lowest BCUT2D eigenvalue weighted by molar-refractivity contribution is -0.274. The zero-order chi connectivity index (χ0) is 21.7. The van der Waals surface area contributed by atoms with Gasteiger partial charge in [-0.1, -0.05) is 54.1 Å². The van der Waals surface area contributed by atoms with Crippen LogP contribution in [-0.2, 0) is 6.54 Å². The third kappa shape index (κ3) is 5.74.